The van der Waals surface area contributed by atoms with Gasteiger partial charge in [0, 0.05) is 29.4 Å². The largest absolute Gasteiger partial charge is 0.497 e. The second-order valence-corrected chi connectivity index (χ2v) is 8.42. The van der Waals surface area contributed by atoms with Crippen molar-refractivity contribution in [3.8, 4) is 5.75 Å². The quantitative estimate of drug-likeness (QED) is 0.420. The molecule has 4 rings (SSSR count). The maximum Gasteiger partial charge on any atom is 0.257 e. The summed E-state index contributed by atoms with van der Waals surface area (Å²) in [5, 5.41) is 3.93. The van der Waals surface area contributed by atoms with E-state index < -0.39 is 5.92 Å². The van der Waals surface area contributed by atoms with Crippen LogP contribution in [0.3, 0.4) is 0 Å². The van der Waals surface area contributed by atoms with Crippen molar-refractivity contribution in [2.75, 3.05) is 18.2 Å². The fourth-order valence-corrected chi connectivity index (χ4v) is 4.92. The molecule has 2 aromatic rings. The molecule has 1 atom stereocenters. The van der Waals surface area contributed by atoms with Gasteiger partial charge < -0.3 is 15.0 Å². The van der Waals surface area contributed by atoms with Crippen LogP contribution in [0, 0.1) is 0 Å². The van der Waals surface area contributed by atoms with Gasteiger partial charge in [0.2, 0.25) is 0 Å². The minimum absolute atomic E-state index is 0.0954. The van der Waals surface area contributed by atoms with Crippen LogP contribution in [0.2, 0.25) is 0 Å². The Kier molecular flexibility index (Phi) is 5.76. The first-order valence-corrected chi connectivity index (χ1v) is 11.0. The number of methoxy groups -OCH3 is 1. The molecule has 2 aliphatic rings. The van der Waals surface area contributed by atoms with E-state index in [9.17, 15) is 9.59 Å². The van der Waals surface area contributed by atoms with Gasteiger partial charge in [-0.25, -0.2) is 4.98 Å². The Bertz CT molecular complexity index is 1030. The number of Topliss-reactive ketones (excluding diaryl/α,β-unsaturated/α-hetero) is 1. The third-order valence-electron chi connectivity index (χ3n) is 5.40. The van der Waals surface area contributed by atoms with Crippen LogP contribution >= 0.6 is 11.8 Å². The van der Waals surface area contributed by atoms with Gasteiger partial charge in [0.25, 0.3) is 5.56 Å². The molecule has 1 unspecified atom stereocenters. The SMILES string of the molecule is CCCCSc1nc2c(c(=O)[nH]1)C(c1cccc(OC)c1)C1=C(CCCC1=O)N2. The molecule has 0 bridgehead atoms. The third-order valence-corrected chi connectivity index (χ3v) is 6.36. The average Bonchev–Trinajstić information content (AvgIpc) is 2.73. The van der Waals surface area contributed by atoms with Crippen molar-refractivity contribution in [2.45, 2.75) is 50.1 Å². The zero-order chi connectivity index (χ0) is 20.4. The number of fused-ring (bicyclic) bond motifs is 1. The molecule has 1 aromatic carbocycles. The first-order chi connectivity index (χ1) is 14.1. The Labute approximate surface area is 174 Å². The lowest BCUT2D eigenvalue weighted by Gasteiger charge is -2.32. The number of allylic oxidation sites excluding steroid dienone is 2. The van der Waals surface area contributed by atoms with Gasteiger partial charge in [-0.2, -0.15) is 0 Å². The number of aromatic amines is 1. The van der Waals surface area contributed by atoms with Crippen LogP contribution in [-0.2, 0) is 4.79 Å². The number of ketones is 1. The summed E-state index contributed by atoms with van der Waals surface area (Å²) in [5.41, 5.74) is 2.76. The molecule has 0 amide bonds. The van der Waals surface area contributed by atoms with Crippen molar-refractivity contribution >= 4 is 23.4 Å². The minimum atomic E-state index is -0.435. The molecular formula is C22H25N3O3S. The predicted molar refractivity (Wildman–Crippen MR) is 115 cm³/mol. The Morgan fingerprint density at radius 2 is 2.14 bits per heavy atom. The Balaban J connectivity index is 1.85. The Morgan fingerprint density at radius 3 is 2.93 bits per heavy atom. The number of benzene rings is 1. The molecule has 0 spiro atoms. The van der Waals surface area contributed by atoms with Crippen molar-refractivity contribution in [2.24, 2.45) is 0 Å². The number of carbonyl (C=O) groups excluding carboxylic acids is 1. The molecule has 7 heteroatoms. The molecule has 0 radical (unpaired) electrons. The van der Waals surface area contributed by atoms with Crippen LogP contribution in [-0.4, -0.2) is 28.6 Å². The number of unbranched alkanes of at least 4 members (excludes halogenated alkanes) is 1. The molecule has 0 saturated heterocycles. The molecule has 1 aliphatic heterocycles. The van der Waals surface area contributed by atoms with Crippen molar-refractivity contribution in [1.29, 1.82) is 0 Å². The van der Waals surface area contributed by atoms with Gasteiger partial charge in [0.1, 0.15) is 11.6 Å². The standard InChI is InChI=1S/C22H25N3O3S/c1-3-4-11-29-22-24-20-19(21(27)25-22)17(13-7-5-8-14(12-13)28-2)18-15(23-20)9-6-10-16(18)26/h5,7-8,12,17H,3-4,6,9-11H2,1-2H3,(H2,23,24,25,27). The fraction of sp³-hybridized carbons (Fsp3) is 0.409. The van der Waals surface area contributed by atoms with Crippen molar-refractivity contribution in [3.05, 3.63) is 57.0 Å². The second kappa shape index (κ2) is 8.45. The van der Waals surface area contributed by atoms with E-state index in [1.165, 1.54) is 0 Å². The lowest BCUT2D eigenvalue weighted by atomic mass is 9.76. The molecule has 6 nitrogen and oxygen atoms in total. The molecule has 0 saturated carbocycles. The summed E-state index contributed by atoms with van der Waals surface area (Å²) in [6, 6.07) is 7.59. The normalized spacial score (nSPS) is 18.1. The summed E-state index contributed by atoms with van der Waals surface area (Å²) in [6.07, 6.45) is 4.26. The van der Waals surface area contributed by atoms with Crippen LogP contribution in [0.1, 0.15) is 56.1 Å². The van der Waals surface area contributed by atoms with E-state index in [1.807, 2.05) is 24.3 Å². The summed E-state index contributed by atoms with van der Waals surface area (Å²) in [5.74, 6) is 1.83. The van der Waals surface area contributed by atoms with Crippen LogP contribution < -0.4 is 15.6 Å². The lowest BCUT2D eigenvalue weighted by Crippen LogP contribution is -2.32. The molecule has 29 heavy (non-hydrogen) atoms. The molecule has 1 aliphatic carbocycles. The Hall–Kier alpha value is -2.54. The predicted octanol–water partition coefficient (Wildman–Crippen LogP) is 4.24. The van der Waals surface area contributed by atoms with Crippen molar-refractivity contribution < 1.29 is 9.53 Å². The average molecular weight is 412 g/mol. The van der Waals surface area contributed by atoms with Gasteiger partial charge in [-0.1, -0.05) is 37.2 Å². The molecule has 2 heterocycles. The minimum Gasteiger partial charge on any atom is -0.497 e. The molecule has 1 aromatic heterocycles. The third kappa shape index (κ3) is 3.83. The van der Waals surface area contributed by atoms with E-state index in [4.69, 9.17) is 9.72 Å². The van der Waals surface area contributed by atoms with Crippen LogP contribution in [0.5, 0.6) is 5.75 Å². The van der Waals surface area contributed by atoms with Gasteiger partial charge in [0.15, 0.2) is 10.9 Å². The number of aromatic nitrogens is 2. The number of H-pyrrole nitrogens is 1. The van der Waals surface area contributed by atoms with Gasteiger partial charge in [0.05, 0.1) is 12.7 Å². The number of nitrogens with zero attached hydrogens (tertiary/aromatic N) is 1. The monoisotopic (exact) mass is 411 g/mol. The number of anilines is 1. The van der Waals surface area contributed by atoms with E-state index in [0.717, 1.165) is 42.7 Å². The van der Waals surface area contributed by atoms with Gasteiger partial charge >= 0.3 is 0 Å². The number of thioether (sulfide) groups is 1. The van der Waals surface area contributed by atoms with Gasteiger partial charge in [-0.15, -0.1) is 0 Å². The van der Waals surface area contributed by atoms with Gasteiger partial charge in [-0.3, -0.25) is 9.59 Å². The lowest BCUT2D eigenvalue weighted by molar-refractivity contribution is -0.116. The molecule has 152 valence electrons. The maximum absolute atomic E-state index is 13.1. The molecule has 2 N–H and O–H groups in total. The van der Waals surface area contributed by atoms with Crippen molar-refractivity contribution in [3.63, 3.8) is 0 Å². The maximum atomic E-state index is 13.1. The number of rotatable bonds is 6. The van der Waals surface area contributed by atoms with Crippen LogP contribution in [0.25, 0.3) is 0 Å². The zero-order valence-electron chi connectivity index (χ0n) is 16.7. The van der Waals surface area contributed by atoms with E-state index in [0.29, 0.717) is 34.3 Å². The van der Waals surface area contributed by atoms with E-state index >= 15 is 0 Å². The van der Waals surface area contributed by atoms with Crippen LogP contribution in [0.15, 0.2) is 45.5 Å². The second-order valence-electron chi connectivity index (χ2n) is 7.34. The highest BCUT2D eigenvalue weighted by Crippen LogP contribution is 2.44. The first kappa shape index (κ1) is 19.8. The topological polar surface area (TPSA) is 84.1 Å². The highest BCUT2D eigenvalue weighted by Gasteiger charge is 2.37. The fourth-order valence-electron chi connectivity index (χ4n) is 3.98. The summed E-state index contributed by atoms with van der Waals surface area (Å²) in [7, 11) is 1.61. The summed E-state index contributed by atoms with van der Waals surface area (Å²) < 4.78 is 5.38. The zero-order valence-corrected chi connectivity index (χ0v) is 17.5. The summed E-state index contributed by atoms with van der Waals surface area (Å²) in [4.78, 5) is 33.6. The van der Waals surface area contributed by atoms with E-state index in [2.05, 4.69) is 17.2 Å². The number of nitrogens with one attached hydrogen (secondary N) is 2. The first-order valence-electron chi connectivity index (χ1n) is 10.1. The smallest absolute Gasteiger partial charge is 0.257 e. The summed E-state index contributed by atoms with van der Waals surface area (Å²) in [6.45, 7) is 2.14. The van der Waals surface area contributed by atoms with E-state index in [-0.39, 0.29) is 11.3 Å². The van der Waals surface area contributed by atoms with Crippen LogP contribution in [0.4, 0.5) is 5.82 Å². The van der Waals surface area contributed by atoms with Gasteiger partial charge in [-0.05, 0) is 37.0 Å². The molecular weight excluding hydrogens is 386 g/mol. The summed E-state index contributed by atoms with van der Waals surface area (Å²) >= 11 is 1.56. The Morgan fingerprint density at radius 1 is 1.28 bits per heavy atom. The number of carbonyl (C=O) groups is 1. The molecule has 0 fully saturated rings. The number of hydrogen-bond donors (Lipinski definition) is 2. The highest BCUT2D eigenvalue weighted by atomic mass is 32.2. The number of hydrogen-bond acceptors (Lipinski definition) is 6. The van der Waals surface area contributed by atoms with E-state index in [1.54, 1.807) is 18.9 Å². The number of ether oxygens (including phenoxy) is 1. The van der Waals surface area contributed by atoms with Crippen molar-refractivity contribution in [1.82, 2.24) is 9.97 Å². The highest BCUT2D eigenvalue weighted by molar-refractivity contribution is 7.99.